The number of halogens is 6. The number of carbonyl (C=O) groups excluding carboxylic acids is 2. The number of ether oxygens (including phenoxy) is 1. The number of alkyl halides is 6. The smallest absolute Gasteiger partial charge is 0.416 e. The van der Waals surface area contributed by atoms with Crippen LogP contribution in [0.25, 0.3) is 0 Å². The molecule has 178 valence electrons. The summed E-state index contributed by atoms with van der Waals surface area (Å²) < 4.78 is 82.4. The second-order valence-corrected chi connectivity index (χ2v) is 7.88. The van der Waals surface area contributed by atoms with Crippen LogP contribution in [0.2, 0.25) is 0 Å². The minimum atomic E-state index is -5.09. The van der Waals surface area contributed by atoms with Crippen molar-refractivity contribution in [3.8, 4) is 0 Å². The van der Waals surface area contributed by atoms with Crippen LogP contribution in [0.1, 0.15) is 39.9 Å². The molecule has 1 fully saturated rings. The van der Waals surface area contributed by atoms with Gasteiger partial charge in [-0.25, -0.2) is 4.79 Å². The number of esters is 1. The highest BCUT2D eigenvalue weighted by Crippen LogP contribution is 2.36. The van der Waals surface area contributed by atoms with Crippen molar-refractivity contribution >= 4 is 11.9 Å². The Labute approximate surface area is 186 Å². The normalized spacial score (nSPS) is 15.4. The number of hydrogen-bond acceptors (Lipinski definition) is 3. The highest BCUT2D eigenvalue weighted by molar-refractivity contribution is 5.91. The average molecular weight is 473 g/mol. The number of nitrogens with zero attached hydrogens (tertiary/aromatic N) is 1. The van der Waals surface area contributed by atoms with Crippen LogP contribution in [0.4, 0.5) is 26.3 Å². The number of rotatable bonds is 5. The van der Waals surface area contributed by atoms with Crippen LogP contribution in [0, 0.1) is 5.92 Å². The fourth-order valence-electron chi connectivity index (χ4n) is 3.71. The molecular weight excluding hydrogens is 452 g/mol. The van der Waals surface area contributed by atoms with Crippen molar-refractivity contribution < 1.29 is 40.7 Å². The van der Waals surface area contributed by atoms with E-state index in [1.165, 1.54) is 10.5 Å². The molecular formula is C23H21F6NO3. The van der Waals surface area contributed by atoms with Gasteiger partial charge in [0.1, 0.15) is 0 Å². The molecule has 1 amide bonds. The lowest BCUT2D eigenvalue weighted by Gasteiger charge is -2.32. The number of amides is 1. The van der Waals surface area contributed by atoms with Gasteiger partial charge in [0.2, 0.25) is 0 Å². The van der Waals surface area contributed by atoms with Gasteiger partial charge in [0.15, 0.2) is 6.61 Å². The van der Waals surface area contributed by atoms with Crippen molar-refractivity contribution in [2.75, 3.05) is 19.7 Å². The van der Waals surface area contributed by atoms with Gasteiger partial charge in [0.25, 0.3) is 5.91 Å². The molecule has 4 nitrogen and oxygen atoms in total. The van der Waals surface area contributed by atoms with Crippen LogP contribution in [0.5, 0.6) is 0 Å². The summed E-state index contributed by atoms with van der Waals surface area (Å²) in [7, 11) is 0. The largest absolute Gasteiger partial charge is 0.452 e. The molecule has 1 aliphatic heterocycles. The Morgan fingerprint density at radius 2 is 1.42 bits per heavy atom. The first-order chi connectivity index (χ1) is 15.4. The molecule has 0 spiro atoms. The third-order valence-corrected chi connectivity index (χ3v) is 5.48. The highest BCUT2D eigenvalue weighted by Gasteiger charge is 2.37. The maximum atomic E-state index is 12.9. The Hall–Kier alpha value is -3.04. The second-order valence-electron chi connectivity index (χ2n) is 7.88. The summed E-state index contributed by atoms with van der Waals surface area (Å²) in [4.78, 5) is 25.9. The first-order valence-electron chi connectivity index (χ1n) is 10.2. The number of benzene rings is 2. The summed E-state index contributed by atoms with van der Waals surface area (Å²) in [5.41, 5.74) is -2.99. The van der Waals surface area contributed by atoms with Crippen LogP contribution in [-0.2, 0) is 28.3 Å². The molecule has 0 N–H and O–H groups in total. The molecule has 33 heavy (non-hydrogen) atoms. The predicted molar refractivity (Wildman–Crippen MR) is 106 cm³/mol. The van der Waals surface area contributed by atoms with Gasteiger partial charge >= 0.3 is 18.3 Å². The second kappa shape index (κ2) is 9.84. The zero-order valence-electron chi connectivity index (χ0n) is 17.4. The fourth-order valence-corrected chi connectivity index (χ4v) is 3.71. The lowest BCUT2D eigenvalue weighted by atomic mass is 9.90. The summed E-state index contributed by atoms with van der Waals surface area (Å²) in [5.74, 6) is -1.60. The topological polar surface area (TPSA) is 46.6 Å². The summed E-state index contributed by atoms with van der Waals surface area (Å²) in [6, 6.07) is 10.3. The van der Waals surface area contributed by atoms with Crippen LogP contribution < -0.4 is 0 Å². The third-order valence-electron chi connectivity index (χ3n) is 5.48. The molecule has 0 saturated carbocycles. The van der Waals surface area contributed by atoms with Crippen LogP contribution in [-0.4, -0.2) is 36.5 Å². The molecule has 0 aliphatic carbocycles. The van der Waals surface area contributed by atoms with Crippen molar-refractivity contribution in [1.29, 1.82) is 0 Å². The monoisotopic (exact) mass is 473 g/mol. The number of carbonyl (C=O) groups is 2. The molecule has 2 aromatic carbocycles. The fraction of sp³-hybridized carbons (Fsp3) is 0.391. The standard InChI is InChI=1S/C23H21F6NO3/c24-22(25,26)18-11-17(12-19(13-18)23(27,28)29)21(32)33-14-20(31)30-8-6-16(7-9-30)10-15-4-2-1-3-5-15/h1-5,11-13,16H,6-10,14H2. The summed E-state index contributed by atoms with van der Waals surface area (Å²) in [5, 5.41) is 0. The predicted octanol–water partition coefficient (Wildman–Crippen LogP) is 5.36. The quantitative estimate of drug-likeness (QED) is 0.434. The van der Waals surface area contributed by atoms with Crippen LogP contribution >= 0.6 is 0 Å². The Morgan fingerprint density at radius 1 is 0.879 bits per heavy atom. The molecule has 0 radical (unpaired) electrons. The van der Waals surface area contributed by atoms with Gasteiger partial charge in [-0.3, -0.25) is 4.79 Å². The third kappa shape index (κ3) is 6.72. The van der Waals surface area contributed by atoms with E-state index in [4.69, 9.17) is 4.74 Å². The van der Waals surface area contributed by atoms with Crippen molar-refractivity contribution in [2.45, 2.75) is 31.6 Å². The van der Waals surface area contributed by atoms with Crippen molar-refractivity contribution in [1.82, 2.24) is 4.90 Å². The highest BCUT2D eigenvalue weighted by atomic mass is 19.4. The molecule has 1 heterocycles. The summed E-state index contributed by atoms with van der Waals surface area (Å²) in [6.07, 6.45) is -7.84. The van der Waals surface area contributed by atoms with Gasteiger partial charge in [0.05, 0.1) is 16.7 Å². The van der Waals surface area contributed by atoms with Crippen LogP contribution in [0.15, 0.2) is 48.5 Å². The number of likely N-dealkylation sites (tertiary alicyclic amines) is 1. The van der Waals surface area contributed by atoms with Gasteiger partial charge in [-0.05, 0) is 48.9 Å². The summed E-state index contributed by atoms with van der Waals surface area (Å²) in [6.45, 7) is 0.0884. The maximum absolute atomic E-state index is 12.9. The molecule has 0 atom stereocenters. The molecule has 10 heteroatoms. The Morgan fingerprint density at radius 3 is 1.94 bits per heavy atom. The van der Waals surface area contributed by atoms with Gasteiger partial charge < -0.3 is 9.64 Å². The van der Waals surface area contributed by atoms with E-state index < -0.39 is 47.5 Å². The molecule has 1 aliphatic rings. The van der Waals surface area contributed by atoms with E-state index in [1.807, 2.05) is 30.3 Å². The minimum Gasteiger partial charge on any atom is -0.452 e. The van der Waals surface area contributed by atoms with Crippen molar-refractivity contribution in [2.24, 2.45) is 5.92 Å². The van der Waals surface area contributed by atoms with E-state index in [0.29, 0.717) is 19.0 Å². The maximum Gasteiger partial charge on any atom is 0.416 e. The van der Waals surface area contributed by atoms with Gasteiger partial charge in [-0.15, -0.1) is 0 Å². The van der Waals surface area contributed by atoms with Crippen LogP contribution in [0.3, 0.4) is 0 Å². The lowest BCUT2D eigenvalue weighted by Crippen LogP contribution is -2.41. The van der Waals surface area contributed by atoms with Gasteiger partial charge in [0, 0.05) is 13.1 Å². The van der Waals surface area contributed by atoms with Crippen molar-refractivity contribution in [3.63, 3.8) is 0 Å². The Balaban J connectivity index is 1.57. The molecule has 0 aromatic heterocycles. The molecule has 0 unspecified atom stereocenters. The first kappa shape index (κ1) is 24.6. The SMILES string of the molecule is O=C(OCC(=O)N1CCC(Cc2ccccc2)CC1)c1cc(C(F)(F)F)cc(C(F)(F)F)c1. The Bertz CT molecular complexity index is 948. The first-order valence-corrected chi connectivity index (χ1v) is 10.2. The van der Waals surface area contributed by atoms with E-state index in [9.17, 15) is 35.9 Å². The molecule has 2 aromatic rings. The van der Waals surface area contributed by atoms with Gasteiger partial charge in [-0.1, -0.05) is 30.3 Å². The van der Waals surface area contributed by atoms with E-state index in [-0.39, 0.29) is 18.2 Å². The Kier molecular flexibility index (Phi) is 7.34. The zero-order chi connectivity index (χ0) is 24.2. The molecule has 3 rings (SSSR count). The molecule has 1 saturated heterocycles. The van der Waals surface area contributed by atoms with E-state index >= 15 is 0 Å². The van der Waals surface area contributed by atoms with E-state index in [2.05, 4.69) is 0 Å². The zero-order valence-corrected chi connectivity index (χ0v) is 17.4. The average Bonchev–Trinajstić information content (AvgIpc) is 2.77. The number of piperidine rings is 1. The summed E-state index contributed by atoms with van der Waals surface area (Å²) >= 11 is 0. The number of hydrogen-bond donors (Lipinski definition) is 0. The van der Waals surface area contributed by atoms with Gasteiger partial charge in [-0.2, -0.15) is 26.3 Å². The van der Waals surface area contributed by atoms with E-state index in [0.717, 1.165) is 19.3 Å². The molecule has 0 bridgehead atoms. The van der Waals surface area contributed by atoms with Crippen molar-refractivity contribution in [3.05, 3.63) is 70.8 Å². The minimum absolute atomic E-state index is 0.0818. The lowest BCUT2D eigenvalue weighted by molar-refractivity contribution is -0.143. The van der Waals surface area contributed by atoms with E-state index in [1.54, 1.807) is 0 Å².